The zero-order valence-electron chi connectivity index (χ0n) is 9.19. The molecule has 1 aromatic heterocycles. The van der Waals surface area contributed by atoms with Crippen LogP contribution in [-0.4, -0.2) is 38.8 Å². The third-order valence-corrected chi connectivity index (χ3v) is 2.51. The summed E-state index contributed by atoms with van der Waals surface area (Å²) in [6.45, 7) is 5.86. The van der Waals surface area contributed by atoms with Crippen molar-refractivity contribution < 1.29 is 10.2 Å². The first-order valence-corrected chi connectivity index (χ1v) is 5.57. The molecule has 1 aromatic rings. The Morgan fingerprint density at radius 2 is 1.93 bits per heavy atom. The molecule has 0 aliphatic heterocycles. The van der Waals surface area contributed by atoms with Crippen LogP contribution < -0.4 is 5.32 Å². The van der Waals surface area contributed by atoms with Crippen molar-refractivity contribution in [3.63, 3.8) is 0 Å². The highest BCUT2D eigenvalue weighted by molar-refractivity contribution is 7.09. The maximum atomic E-state index is 8.89. The van der Waals surface area contributed by atoms with Gasteiger partial charge in [-0.15, -0.1) is 0 Å². The second kappa shape index (κ2) is 4.87. The van der Waals surface area contributed by atoms with E-state index in [4.69, 9.17) is 10.2 Å². The monoisotopic (exact) mass is 231 g/mol. The molecule has 5 nitrogen and oxygen atoms in total. The lowest BCUT2D eigenvalue weighted by atomic mass is 9.96. The van der Waals surface area contributed by atoms with Gasteiger partial charge in [-0.1, -0.05) is 20.8 Å². The van der Waals surface area contributed by atoms with Crippen LogP contribution in [0.25, 0.3) is 0 Å². The molecule has 0 spiro atoms. The topological polar surface area (TPSA) is 78.3 Å². The first kappa shape index (κ1) is 12.4. The molecule has 0 atom stereocenters. The fraction of sp³-hybridized carbons (Fsp3) is 0.778. The number of aromatic nitrogens is 2. The van der Waals surface area contributed by atoms with Gasteiger partial charge in [0.05, 0.1) is 19.3 Å². The predicted octanol–water partition coefficient (Wildman–Crippen LogP) is 0.601. The molecule has 0 bridgehead atoms. The Morgan fingerprint density at radius 3 is 2.33 bits per heavy atom. The summed E-state index contributed by atoms with van der Waals surface area (Å²) in [5.41, 5.74) is -0.0790. The molecule has 1 rings (SSSR count). The Balaban J connectivity index is 2.68. The van der Waals surface area contributed by atoms with E-state index in [0.717, 1.165) is 5.82 Å². The van der Waals surface area contributed by atoms with E-state index in [-0.39, 0.29) is 24.7 Å². The van der Waals surface area contributed by atoms with E-state index in [0.29, 0.717) is 5.13 Å². The summed E-state index contributed by atoms with van der Waals surface area (Å²) in [7, 11) is 0. The summed E-state index contributed by atoms with van der Waals surface area (Å²) in [5, 5.41) is 21.3. The zero-order chi connectivity index (χ0) is 11.5. The van der Waals surface area contributed by atoms with E-state index in [1.54, 1.807) is 0 Å². The molecule has 0 saturated heterocycles. The fourth-order valence-corrected chi connectivity index (χ4v) is 1.74. The van der Waals surface area contributed by atoms with Gasteiger partial charge in [-0.3, -0.25) is 0 Å². The molecular formula is C9H17N3O2S. The number of nitrogens with zero attached hydrogens (tertiary/aromatic N) is 2. The molecule has 0 radical (unpaired) electrons. The van der Waals surface area contributed by atoms with Crippen molar-refractivity contribution in [3.05, 3.63) is 5.82 Å². The second-order valence-electron chi connectivity index (χ2n) is 4.38. The van der Waals surface area contributed by atoms with E-state index >= 15 is 0 Å². The van der Waals surface area contributed by atoms with E-state index in [1.807, 2.05) is 20.8 Å². The van der Waals surface area contributed by atoms with Gasteiger partial charge in [0.1, 0.15) is 5.82 Å². The minimum Gasteiger partial charge on any atom is -0.394 e. The molecule has 0 aromatic carbocycles. The van der Waals surface area contributed by atoms with E-state index < -0.39 is 0 Å². The van der Waals surface area contributed by atoms with Gasteiger partial charge in [-0.2, -0.15) is 4.37 Å². The smallest absolute Gasteiger partial charge is 0.202 e. The molecule has 0 aliphatic rings. The van der Waals surface area contributed by atoms with E-state index in [1.165, 1.54) is 11.5 Å². The van der Waals surface area contributed by atoms with Crippen molar-refractivity contribution in [3.8, 4) is 0 Å². The maximum absolute atomic E-state index is 8.89. The molecule has 15 heavy (non-hydrogen) atoms. The van der Waals surface area contributed by atoms with Crippen LogP contribution in [0.2, 0.25) is 0 Å². The van der Waals surface area contributed by atoms with Crippen LogP contribution >= 0.6 is 11.5 Å². The number of hydrogen-bond donors (Lipinski definition) is 3. The van der Waals surface area contributed by atoms with Crippen LogP contribution in [0.3, 0.4) is 0 Å². The lowest BCUT2D eigenvalue weighted by Crippen LogP contribution is -2.27. The number of nitrogens with one attached hydrogen (secondary N) is 1. The van der Waals surface area contributed by atoms with Crippen molar-refractivity contribution in [2.75, 3.05) is 18.5 Å². The van der Waals surface area contributed by atoms with Crippen molar-refractivity contribution in [1.82, 2.24) is 9.36 Å². The van der Waals surface area contributed by atoms with Crippen LogP contribution in [0.5, 0.6) is 0 Å². The number of aliphatic hydroxyl groups excluding tert-OH is 2. The third kappa shape index (κ3) is 3.40. The third-order valence-electron chi connectivity index (χ3n) is 1.87. The van der Waals surface area contributed by atoms with Gasteiger partial charge in [0, 0.05) is 16.9 Å². The van der Waals surface area contributed by atoms with Crippen molar-refractivity contribution in [2.24, 2.45) is 0 Å². The van der Waals surface area contributed by atoms with Crippen molar-refractivity contribution in [2.45, 2.75) is 32.2 Å². The van der Waals surface area contributed by atoms with Gasteiger partial charge in [0.2, 0.25) is 5.13 Å². The number of hydrogen-bond acceptors (Lipinski definition) is 6. The Hall–Kier alpha value is -0.720. The van der Waals surface area contributed by atoms with Gasteiger partial charge in [-0.05, 0) is 0 Å². The SMILES string of the molecule is CC(C)(C)c1nsc(NC(CO)CO)n1. The molecule has 86 valence electrons. The lowest BCUT2D eigenvalue weighted by Gasteiger charge is -2.13. The minimum atomic E-state index is -0.370. The molecule has 0 unspecified atom stereocenters. The summed E-state index contributed by atoms with van der Waals surface area (Å²) in [6.07, 6.45) is 0. The Morgan fingerprint density at radius 1 is 1.33 bits per heavy atom. The molecule has 3 N–H and O–H groups in total. The average molecular weight is 231 g/mol. The first-order chi connectivity index (χ1) is 6.97. The maximum Gasteiger partial charge on any atom is 0.202 e. The largest absolute Gasteiger partial charge is 0.394 e. The molecular weight excluding hydrogens is 214 g/mol. The van der Waals surface area contributed by atoms with Gasteiger partial charge >= 0.3 is 0 Å². The Kier molecular flexibility index (Phi) is 4.01. The predicted molar refractivity (Wildman–Crippen MR) is 60.2 cm³/mol. The fourth-order valence-electron chi connectivity index (χ4n) is 0.910. The Labute approximate surface area is 93.3 Å². The van der Waals surface area contributed by atoms with Crippen molar-refractivity contribution in [1.29, 1.82) is 0 Å². The highest BCUT2D eigenvalue weighted by Crippen LogP contribution is 2.23. The van der Waals surface area contributed by atoms with E-state index in [2.05, 4.69) is 14.7 Å². The highest BCUT2D eigenvalue weighted by Gasteiger charge is 2.20. The lowest BCUT2D eigenvalue weighted by molar-refractivity contribution is 0.204. The van der Waals surface area contributed by atoms with Crippen molar-refractivity contribution >= 4 is 16.7 Å². The molecule has 0 fully saturated rings. The zero-order valence-corrected chi connectivity index (χ0v) is 10.0. The Bertz CT molecular complexity index is 305. The van der Waals surface area contributed by atoms with Crippen LogP contribution in [0.1, 0.15) is 26.6 Å². The van der Waals surface area contributed by atoms with Crippen LogP contribution in [0.15, 0.2) is 0 Å². The quantitative estimate of drug-likeness (QED) is 0.707. The van der Waals surface area contributed by atoms with Crippen LogP contribution in [-0.2, 0) is 5.41 Å². The van der Waals surface area contributed by atoms with E-state index in [9.17, 15) is 0 Å². The number of rotatable bonds is 4. The summed E-state index contributed by atoms with van der Waals surface area (Å²) in [5.74, 6) is 0.768. The van der Waals surface area contributed by atoms with Crippen LogP contribution in [0, 0.1) is 0 Å². The van der Waals surface area contributed by atoms with Gasteiger partial charge in [0.15, 0.2) is 0 Å². The van der Waals surface area contributed by atoms with Gasteiger partial charge in [0.25, 0.3) is 0 Å². The average Bonchev–Trinajstić information content (AvgIpc) is 2.61. The number of aliphatic hydroxyl groups is 2. The first-order valence-electron chi connectivity index (χ1n) is 4.80. The number of anilines is 1. The molecule has 0 aliphatic carbocycles. The van der Waals surface area contributed by atoms with Gasteiger partial charge < -0.3 is 15.5 Å². The summed E-state index contributed by atoms with van der Waals surface area (Å²) >= 11 is 1.24. The highest BCUT2D eigenvalue weighted by atomic mass is 32.1. The standard InChI is InChI=1S/C9H17N3O2S/c1-9(2,3)7-11-8(15-12-7)10-6(4-13)5-14/h6,13-14H,4-5H2,1-3H3,(H,10,11,12). The molecule has 0 amide bonds. The summed E-state index contributed by atoms with van der Waals surface area (Å²) in [6, 6.07) is -0.370. The second-order valence-corrected chi connectivity index (χ2v) is 5.13. The van der Waals surface area contributed by atoms with Crippen LogP contribution in [0.4, 0.5) is 5.13 Å². The molecule has 0 saturated carbocycles. The summed E-state index contributed by atoms with van der Waals surface area (Å²) in [4.78, 5) is 4.29. The summed E-state index contributed by atoms with van der Waals surface area (Å²) < 4.78 is 4.21. The minimum absolute atomic E-state index is 0.0790. The molecule has 6 heteroatoms. The normalized spacial score (nSPS) is 12.1. The molecule has 1 heterocycles. The van der Waals surface area contributed by atoms with Gasteiger partial charge in [-0.25, -0.2) is 4.98 Å².